The lowest BCUT2D eigenvalue weighted by Crippen LogP contribution is -2.52. The van der Waals surface area contributed by atoms with Gasteiger partial charge >= 0.3 is 0 Å². The van der Waals surface area contributed by atoms with Gasteiger partial charge in [-0.1, -0.05) is 54.6 Å². The number of methoxy groups -OCH3 is 2. The van der Waals surface area contributed by atoms with Crippen LogP contribution in [0.1, 0.15) is 46.9 Å². The Morgan fingerprint density at radius 1 is 0.977 bits per heavy atom. The maximum Gasteiger partial charge on any atom is 0.250 e. The van der Waals surface area contributed by atoms with Gasteiger partial charge in [-0.15, -0.1) is 0 Å². The zero-order valence-corrected chi connectivity index (χ0v) is 24.2. The van der Waals surface area contributed by atoms with Gasteiger partial charge in [0.05, 0.1) is 39.1 Å². The van der Waals surface area contributed by atoms with Gasteiger partial charge in [0.2, 0.25) is 11.8 Å². The molecule has 3 aliphatic heterocycles. The first-order valence-corrected chi connectivity index (χ1v) is 14.8. The molecule has 0 amide bonds. The maximum atomic E-state index is 14.1. The van der Waals surface area contributed by atoms with Gasteiger partial charge in [-0.3, -0.25) is 0 Å². The number of aromatic nitrogens is 1. The summed E-state index contributed by atoms with van der Waals surface area (Å²) in [6.45, 7) is 1.99. The maximum absolute atomic E-state index is 14.1. The number of halogens is 2. The average molecular weight is 595 g/mol. The van der Waals surface area contributed by atoms with Crippen molar-refractivity contribution in [2.75, 3.05) is 47.1 Å². The predicted octanol–water partition coefficient (Wildman–Crippen LogP) is 4.19. The van der Waals surface area contributed by atoms with E-state index in [1.54, 1.807) is 6.07 Å². The van der Waals surface area contributed by atoms with E-state index in [9.17, 15) is 19.0 Å². The highest BCUT2D eigenvalue weighted by atomic mass is 19.3. The van der Waals surface area contributed by atoms with Crippen LogP contribution in [-0.2, 0) is 15.9 Å². The number of alkyl halides is 2. The van der Waals surface area contributed by atoms with Crippen LogP contribution in [0.4, 0.5) is 8.78 Å². The molecular weight excluding hydrogens is 558 g/mol. The van der Waals surface area contributed by atoms with Gasteiger partial charge in [-0.05, 0) is 16.7 Å². The van der Waals surface area contributed by atoms with E-state index in [1.807, 2.05) is 59.5 Å². The monoisotopic (exact) mass is 594 g/mol. The Labute approximate surface area is 249 Å². The standard InChI is InChI=1S/C33H36F2N2O6/c1-40-26-16-25-28(30(36-26)41-2)32(39)29(38)24(17-37-14-12-31(34,35)13-15-37)27(21-6-4-3-5-7-21)33(32,43-25)23-10-8-20(9-11-23)22-18-42-19-22/h3-11,16,22,24,27,29,38-39H,12-15,17-19H2,1-2H3/t24-,27-,29-,32+,33+/m1/s1. The molecule has 7 rings (SSSR count). The molecule has 0 bridgehead atoms. The van der Waals surface area contributed by atoms with E-state index in [2.05, 4.69) is 4.98 Å². The molecule has 4 heterocycles. The molecule has 0 radical (unpaired) electrons. The second-order valence-electron chi connectivity index (χ2n) is 12.2. The number of benzene rings is 2. The number of piperidine rings is 1. The lowest BCUT2D eigenvalue weighted by atomic mass is 9.70. The first-order valence-electron chi connectivity index (χ1n) is 14.8. The number of fused-ring (bicyclic) bond motifs is 3. The fourth-order valence-electron chi connectivity index (χ4n) is 7.66. The molecule has 1 aromatic heterocycles. The van der Waals surface area contributed by atoms with E-state index in [4.69, 9.17) is 18.9 Å². The molecule has 2 aromatic carbocycles. The van der Waals surface area contributed by atoms with Crippen molar-refractivity contribution < 1.29 is 37.9 Å². The van der Waals surface area contributed by atoms with Crippen molar-refractivity contribution in [3.05, 3.63) is 82.9 Å². The van der Waals surface area contributed by atoms with Crippen molar-refractivity contribution in [1.82, 2.24) is 9.88 Å². The molecule has 8 nitrogen and oxygen atoms in total. The Hall–Kier alpha value is -3.31. The normalized spacial score (nSPS) is 31.5. The Bertz CT molecular complexity index is 1480. The van der Waals surface area contributed by atoms with Gasteiger partial charge in [0.1, 0.15) is 5.75 Å². The Kier molecular flexibility index (Phi) is 6.88. The molecule has 10 heteroatoms. The SMILES string of the molecule is COc1cc2c(c(OC)n1)[C@]1(O)[C@H](O)[C@H](CN3CCC(F)(F)CC3)[C@@H](c3ccccc3)[C@]1(c1ccc(C3COC3)cc1)O2. The molecule has 0 spiro atoms. The number of likely N-dealkylation sites (tertiary alicyclic amines) is 1. The number of aliphatic hydroxyl groups excluding tert-OH is 1. The third-order valence-electron chi connectivity index (χ3n) is 9.91. The van der Waals surface area contributed by atoms with Crippen molar-refractivity contribution >= 4 is 0 Å². The van der Waals surface area contributed by atoms with E-state index < -0.39 is 35.1 Å². The summed E-state index contributed by atoms with van der Waals surface area (Å²) < 4.78 is 51.6. The van der Waals surface area contributed by atoms with Crippen LogP contribution in [0.3, 0.4) is 0 Å². The zero-order chi connectivity index (χ0) is 30.0. The van der Waals surface area contributed by atoms with Gasteiger partial charge in [-0.2, -0.15) is 4.98 Å². The number of hydrogen-bond donors (Lipinski definition) is 2. The van der Waals surface area contributed by atoms with Gasteiger partial charge in [-0.25, -0.2) is 8.78 Å². The van der Waals surface area contributed by atoms with Gasteiger partial charge < -0.3 is 34.1 Å². The number of rotatable bonds is 7. The molecule has 2 saturated heterocycles. The summed E-state index contributed by atoms with van der Waals surface area (Å²) in [4.78, 5) is 6.42. The van der Waals surface area contributed by atoms with Crippen LogP contribution >= 0.6 is 0 Å². The number of hydrogen-bond acceptors (Lipinski definition) is 8. The largest absolute Gasteiger partial charge is 0.481 e. The molecule has 4 aliphatic rings. The minimum Gasteiger partial charge on any atom is -0.481 e. The molecule has 1 aliphatic carbocycles. The molecule has 228 valence electrons. The van der Waals surface area contributed by atoms with Crippen LogP contribution in [0.2, 0.25) is 0 Å². The number of nitrogens with zero attached hydrogens (tertiary/aromatic N) is 2. The summed E-state index contributed by atoms with van der Waals surface area (Å²) in [7, 11) is 2.93. The highest BCUT2D eigenvalue weighted by Gasteiger charge is 2.77. The van der Waals surface area contributed by atoms with Crippen molar-refractivity contribution in [1.29, 1.82) is 0 Å². The Morgan fingerprint density at radius 2 is 1.67 bits per heavy atom. The molecule has 3 fully saturated rings. The first-order chi connectivity index (χ1) is 20.7. The zero-order valence-electron chi connectivity index (χ0n) is 24.2. The van der Waals surface area contributed by atoms with E-state index >= 15 is 0 Å². The van der Waals surface area contributed by atoms with E-state index in [0.717, 1.165) is 11.1 Å². The van der Waals surface area contributed by atoms with Crippen LogP contribution in [0.15, 0.2) is 60.7 Å². The van der Waals surface area contributed by atoms with Crippen LogP contribution in [-0.4, -0.2) is 79.2 Å². The van der Waals surface area contributed by atoms with Crippen LogP contribution in [0, 0.1) is 5.92 Å². The van der Waals surface area contributed by atoms with Gasteiger partial charge in [0.25, 0.3) is 5.92 Å². The second kappa shape index (κ2) is 10.4. The summed E-state index contributed by atoms with van der Waals surface area (Å²) in [6, 6.07) is 19.2. The minimum absolute atomic E-state index is 0.0890. The second-order valence-corrected chi connectivity index (χ2v) is 12.2. The Balaban J connectivity index is 1.42. The smallest absolute Gasteiger partial charge is 0.250 e. The topological polar surface area (TPSA) is 93.5 Å². The predicted molar refractivity (Wildman–Crippen MR) is 153 cm³/mol. The highest BCUT2D eigenvalue weighted by Crippen LogP contribution is 2.70. The lowest BCUT2D eigenvalue weighted by Gasteiger charge is -2.41. The molecule has 1 saturated carbocycles. The Morgan fingerprint density at radius 3 is 2.28 bits per heavy atom. The van der Waals surface area contributed by atoms with Gasteiger partial charge in [0, 0.05) is 56.3 Å². The van der Waals surface area contributed by atoms with Crippen molar-refractivity contribution in [2.24, 2.45) is 5.92 Å². The van der Waals surface area contributed by atoms with Crippen molar-refractivity contribution in [3.63, 3.8) is 0 Å². The van der Waals surface area contributed by atoms with Crippen LogP contribution in [0.25, 0.3) is 0 Å². The third kappa shape index (κ3) is 4.25. The number of ether oxygens (including phenoxy) is 4. The molecular formula is C33H36F2N2O6. The number of aliphatic hydroxyl groups is 2. The molecule has 0 unspecified atom stereocenters. The fourth-order valence-corrected chi connectivity index (χ4v) is 7.66. The van der Waals surface area contributed by atoms with Gasteiger partial charge in [0.15, 0.2) is 11.2 Å². The lowest BCUT2D eigenvalue weighted by molar-refractivity contribution is -0.152. The molecule has 2 N–H and O–H groups in total. The molecule has 5 atom stereocenters. The van der Waals surface area contributed by atoms with Crippen molar-refractivity contribution in [2.45, 2.75) is 47.9 Å². The molecule has 43 heavy (non-hydrogen) atoms. The van der Waals surface area contributed by atoms with E-state index in [1.165, 1.54) is 14.2 Å². The minimum atomic E-state index is -2.70. The van der Waals surface area contributed by atoms with Crippen LogP contribution in [0.5, 0.6) is 17.5 Å². The average Bonchev–Trinajstić information content (AvgIpc) is 3.35. The fraction of sp³-hybridized carbons (Fsp3) is 0.485. The van der Waals surface area contributed by atoms with Crippen LogP contribution < -0.4 is 14.2 Å². The summed E-state index contributed by atoms with van der Waals surface area (Å²) >= 11 is 0. The highest BCUT2D eigenvalue weighted by molar-refractivity contribution is 5.60. The quantitative estimate of drug-likeness (QED) is 0.421. The van der Waals surface area contributed by atoms with E-state index in [0.29, 0.717) is 37.0 Å². The summed E-state index contributed by atoms with van der Waals surface area (Å²) in [5.74, 6) is -2.93. The summed E-state index contributed by atoms with van der Waals surface area (Å²) in [6.07, 6.45) is -1.85. The molecule has 3 aromatic rings. The van der Waals surface area contributed by atoms with E-state index in [-0.39, 0.29) is 43.3 Å². The first kappa shape index (κ1) is 28.5. The van der Waals surface area contributed by atoms with Crippen molar-refractivity contribution in [3.8, 4) is 17.5 Å². The summed E-state index contributed by atoms with van der Waals surface area (Å²) in [5.41, 5.74) is -0.611. The third-order valence-corrected chi connectivity index (χ3v) is 9.91. The summed E-state index contributed by atoms with van der Waals surface area (Å²) in [5, 5.41) is 25.4. The number of pyridine rings is 1.